The first-order chi connectivity index (χ1) is 10.0. The van der Waals surface area contributed by atoms with Gasteiger partial charge < -0.3 is 5.32 Å². The van der Waals surface area contributed by atoms with Gasteiger partial charge in [-0.2, -0.15) is 5.10 Å². The van der Waals surface area contributed by atoms with E-state index in [9.17, 15) is 13.2 Å². The molecule has 21 heavy (non-hydrogen) atoms. The van der Waals surface area contributed by atoms with Gasteiger partial charge in [-0.25, -0.2) is 13.5 Å². The Labute approximate surface area is 125 Å². The Morgan fingerprint density at radius 3 is 2.76 bits per heavy atom. The Morgan fingerprint density at radius 1 is 1.29 bits per heavy atom. The highest BCUT2D eigenvalue weighted by molar-refractivity contribution is 7.94. The number of aromatic amines is 1. The minimum atomic E-state index is -3.67. The smallest absolute Gasteiger partial charge is 0.272 e. The molecule has 2 heterocycles. The second-order valence-electron chi connectivity index (χ2n) is 4.79. The van der Waals surface area contributed by atoms with Crippen LogP contribution >= 0.6 is 11.3 Å². The fraction of sp³-hybridized carbons (Fsp3) is 0.333. The van der Waals surface area contributed by atoms with Crippen LogP contribution in [0.3, 0.4) is 0 Å². The van der Waals surface area contributed by atoms with Gasteiger partial charge in [0.25, 0.3) is 15.6 Å². The maximum Gasteiger partial charge on any atom is 0.272 e. The van der Waals surface area contributed by atoms with Crippen LogP contribution in [0.1, 0.15) is 17.7 Å². The summed E-state index contributed by atoms with van der Waals surface area (Å²) in [6, 6.07) is 6.48. The third-order valence-corrected chi connectivity index (χ3v) is 5.89. The normalized spacial score (nSPS) is 15.0. The molecule has 1 fully saturated rings. The largest absolute Gasteiger partial charge is 0.309 e. The van der Waals surface area contributed by atoms with Crippen molar-refractivity contribution >= 4 is 27.2 Å². The van der Waals surface area contributed by atoms with Gasteiger partial charge in [0.2, 0.25) is 0 Å². The third-order valence-electron chi connectivity index (χ3n) is 2.96. The number of H-pyrrole nitrogens is 1. The molecule has 0 aliphatic heterocycles. The zero-order valence-electron chi connectivity index (χ0n) is 11.0. The van der Waals surface area contributed by atoms with Gasteiger partial charge in [-0.15, -0.1) is 11.3 Å². The van der Waals surface area contributed by atoms with E-state index in [0.29, 0.717) is 12.6 Å². The van der Waals surface area contributed by atoms with Crippen molar-refractivity contribution in [3.63, 3.8) is 0 Å². The Bertz CT molecular complexity index is 772. The Hall–Kier alpha value is -1.71. The molecule has 0 unspecified atom stereocenters. The number of thiophene rings is 1. The predicted octanol–water partition coefficient (Wildman–Crippen LogP) is 0.884. The average Bonchev–Trinajstić information content (AvgIpc) is 3.15. The molecule has 1 aliphatic carbocycles. The van der Waals surface area contributed by atoms with Crippen molar-refractivity contribution < 1.29 is 8.42 Å². The SMILES string of the molecule is O=c1ccc(NS(=O)(=O)c2ccc(CNC3CC3)s2)n[nH]1. The lowest BCUT2D eigenvalue weighted by atomic mass is 10.4. The highest BCUT2D eigenvalue weighted by Crippen LogP contribution is 2.25. The second kappa shape index (κ2) is 5.58. The molecule has 0 saturated heterocycles. The maximum atomic E-state index is 12.2. The van der Waals surface area contributed by atoms with Gasteiger partial charge in [-0.3, -0.25) is 9.52 Å². The number of nitrogens with one attached hydrogen (secondary N) is 3. The van der Waals surface area contributed by atoms with Crippen LogP contribution < -0.4 is 15.6 Å². The number of aromatic nitrogens is 2. The van der Waals surface area contributed by atoms with Crippen molar-refractivity contribution in [1.29, 1.82) is 0 Å². The molecule has 1 saturated carbocycles. The number of hydrogen-bond donors (Lipinski definition) is 3. The van der Waals surface area contributed by atoms with E-state index in [1.165, 1.54) is 36.3 Å². The molecule has 0 amide bonds. The Balaban J connectivity index is 1.71. The number of rotatable bonds is 6. The van der Waals surface area contributed by atoms with Gasteiger partial charge in [0, 0.05) is 23.5 Å². The molecule has 2 aromatic rings. The first-order valence-electron chi connectivity index (χ1n) is 6.43. The van der Waals surface area contributed by atoms with Gasteiger partial charge in [0.05, 0.1) is 0 Å². The van der Waals surface area contributed by atoms with Gasteiger partial charge in [-0.1, -0.05) is 0 Å². The third kappa shape index (κ3) is 3.69. The lowest BCUT2D eigenvalue weighted by Gasteiger charge is -2.04. The van der Waals surface area contributed by atoms with E-state index >= 15 is 0 Å². The zero-order valence-corrected chi connectivity index (χ0v) is 12.6. The second-order valence-corrected chi connectivity index (χ2v) is 7.87. The molecular formula is C12H14N4O3S2. The van der Waals surface area contributed by atoms with E-state index in [4.69, 9.17) is 0 Å². The molecule has 2 aromatic heterocycles. The topological polar surface area (TPSA) is 104 Å². The van der Waals surface area contributed by atoms with E-state index < -0.39 is 10.0 Å². The molecule has 7 nitrogen and oxygen atoms in total. The standard InChI is InChI=1S/C12H14N4O3S2/c17-11-5-4-10(14-15-11)16-21(18,19)12-6-3-9(20-12)7-13-8-1-2-8/h3-6,8,13H,1-2,7H2,(H,14,16)(H,15,17). The minimum Gasteiger partial charge on any atom is -0.309 e. The fourth-order valence-corrected chi connectivity index (χ4v) is 4.03. The van der Waals surface area contributed by atoms with Crippen LogP contribution in [0, 0.1) is 0 Å². The summed E-state index contributed by atoms with van der Waals surface area (Å²) in [7, 11) is -3.67. The van der Waals surface area contributed by atoms with Crippen molar-refractivity contribution in [2.24, 2.45) is 0 Å². The molecule has 0 bridgehead atoms. The van der Waals surface area contributed by atoms with Crippen molar-refractivity contribution in [2.45, 2.75) is 29.6 Å². The van der Waals surface area contributed by atoms with Crippen molar-refractivity contribution in [3.8, 4) is 0 Å². The molecule has 112 valence electrons. The first kappa shape index (κ1) is 14.2. The molecular weight excluding hydrogens is 312 g/mol. The highest BCUT2D eigenvalue weighted by Gasteiger charge is 2.21. The summed E-state index contributed by atoms with van der Waals surface area (Å²) < 4.78 is 27.0. The van der Waals surface area contributed by atoms with Crippen molar-refractivity contribution in [1.82, 2.24) is 15.5 Å². The van der Waals surface area contributed by atoms with Gasteiger partial charge >= 0.3 is 0 Å². The van der Waals surface area contributed by atoms with Crippen LogP contribution in [-0.2, 0) is 16.6 Å². The van der Waals surface area contributed by atoms with E-state index in [0.717, 1.165) is 4.88 Å². The molecule has 0 aromatic carbocycles. The summed E-state index contributed by atoms with van der Waals surface area (Å²) in [4.78, 5) is 11.9. The fourth-order valence-electron chi connectivity index (χ4n) is 1.72. The number of hydrogen-bond acceptors (Lipinski definition) is 6. The lowest BCUT2D eigenvalue weighted by Crippen LogP contribution is -2.15. The summed E-state index contributed by atoms with van der Waals surface area (Å²) in [6.45, 7) is 0.682. The van der Waals surface area contributed by atoms with Crippen LogP contribution in [-0.4, -0.2) is 24.7 Å². The Morgan fingerprint density at radius 2 is 2.10 bits per heavy atom. The van der Waals surface area contributed by atoms with Crippen LogP contribution in [0.4, 0.5) is 5.82 Å². The van der Waals surface area contributed by atoms with Gasteiger partial charge in [0.1, 0.15) is 4.21 Å². The molecule has 3 N–H and O–H groups in total. The molecule has 9 heteroatoms. The van der Waals surface area contributed by atoms with E-state index in [1.807, 2.05) is 0 Å². The number of anilines is 1. The molecule has 0 spiro atoms. The monoisotopic (exact) mass is 326 g/mol. The average molecular weight is 326 g/mol. The van der Waals surface area contributed by atoms with Crippen LogP contribution in [0.2, 0.25) is 0 Å². The number of nitrogens with zero attached hydrogens (tertiary/aromatic N) is 1. The van der Waals surface area contributed by atoms with Gasteiger partial charge in [0.15, 0.2) is 5.82 Å². The molecule has 1 aliphatic rings. The predicted molar refractivity (Wildman–Crippen MR) is 79.8 cm³/mol. The van der Waals surface area contributed by atoms with E-state index in [1.54, 1.807) is 12.1 Å². The number of sulfonamides is 1. The van der Waals surface area contributed by atoms with Crippen LogP contribution in [0.5, 0.6) is 0 Å². The van der Waals surface area contributed by atoms with Crippen LogP contribution in [0.15, 0.2) is 33.3 Å². The van der Waals surface area contributed by atoms with Crippen molar-refractivity contribution in [3.05, 3.63) is 39.5 Å². The molecule has 0 radical (unpaired) electrons. The molecule has 0 atom stereocenters. The quantitative estimate of drug-likeness (QED) is 0.731. The zero-order chi connectivity index (χ0) is 14.9. The van der Waals surface area contributed by atoms with Crippen LogP contribution in [0.25, 0.3) is 0 Å². The molecule has 3 rings (SSSR count). The van der Waals surface area contributed by atoms with E-state index in [2.05, 4.69) is 20.2 Å². The highest BCUT2D eigenvalue weighted by atomic mass is 32.2. The maximum absolute atomic E-state index is 12.2. The first-order valence-corrected chi connectivity index (χ1v) is 8.73. The van der Waals surface area contributed by atoms with Gasteiger partial charge in [-0.05, 0) is 31.0 Å². The van der Waals surface area contributed by atoms with E-state index in [-0.39, 0.29) is 15.6 Å². The minimum absolute atomic E-state index is 0.0839. The summed E-state index contributed by atoms with van der Waals surface area (Å²) >= 11 is 1.22. The summed E-state index contributed by atoms with van der Waals surface area (Å²) in [6.07, 6.45) is 2.38. The summed E-state index contributed by atoms with van der Waals surface area (Å²) in [5, 5.41) is 9.14. The summed E-state index contributed by atoms with van der Waals surface area (Å²) in [5.41, 5.74) is -0.387. The van der Waals surface area contributed by atoms with Crippen molar-refractivity contribution in [2.75, 3.05) is 4.72 Å². The lowest BCUT2D eigenvalue weighted by molar-refractivity contribution is 0.603. The Kier molecular flexibility index (Phi) is 3.79. The summed E-state index contributed by atoms with van der Waals surface area (Å²) in [5.74, 6) is 0.0839.